The van der Waals surface area contributed by atoms with Gasteiger partial charge in [-0.3, -0.25) is 0 Å². The molecule has 0 aliphatic carbocycles. The molecule has 0 aliphatic heterocycles. The van der Waals surface area contributed by atoms with E-state index in [2.05, 4.69) is 22.2 Å². The normalized spacial score (nSPS) is 12.2. The minimum absolute atomic E-state index is 0.122. The number of hydrogen-bond donors (Lipinski definition) is 1. The fourth-order valence-electron chi connectivity index (χ4n) is 1.52. The molecule has 1 atom stereocenters. The van der Waals surface area contributed by atoms with E-state index < -0.39 is 0 Å². The fraction of sp³-hybridized carbons (Fsp3) is 0.231. The first kappa shape index (κ1) is 11.9. The van der Waals surface area contributed by atoms with Crippen LogP contribution in [0.1, 0.15) is 24.1 Å². The van der Waals surface area contributed by atoms with Crippen LogP contribution in [0.4, 0.5) is 5.95 Å². The number of nitrogens with zero attached hydrogens (tertiary/aromatic N) is 2. The zero-order chi connectivity index (χ0) is 12.3. The van der Waals surface area contributed by atoms with Crippen molar-refractivity contribution in [2.24, 2.45) is 0 Å². The van der Waals surface area contributed by atoms with Gasteiger partial charge in [-0.15, -0.1) is 0 Å². The molecule has 88 valence electrons. The van der Waals surface area contributed by atoms with Gasteiger partial charge in [-0.05, 0) is 37.1 Å². The maximum atomic E-state index is 5.95. The predicted molar refractivity (Wildman–Crippen MR) is 70.3 cm³/mol. The van der Waals surface area contributed by atoms with E-state index in [4.69, 9.17) is 11.6 Å². The number of hydrogen-bond acceptors (Lipinski definition) is 3. The Bertz CT molecular complexity index is 496. The average molecular weight is 248 g/mol. The Kier molecular flexibility index (Phi) is 3.59. The average Bonchev–Trinajstić information content (AvgIpc) is 2.32. The maximum absolute atomic E-state index is 5.95. The van der Waals surface area contributed by atoms with Crippen LogP contribution in [-0.2, 0) is 0 Å². The summed E-state index contributed by atoms with van der Waals surface area (Å²) in [6.07, 6.45) is 3.58. The summed E-state index contributed by atoms with van der Waals surface area (Å²) in [5, 5.41) is 3.97. The summed E-state index contributed by atoms with van der Waals surface area (Å²) in [4.78, 5) is 8.42. The highest BCUT2D eigenvalue weighted by Crippen LogP contribution is 2.19. The fourth-order valence-corrected chi connectivity index (χ4v) is 1.72. The van der Waals surface area contributed by atoms with E-state index in [9.17, 15) is 0 Å². The quantitative estimate of drug-likeness (QED) is 0.900. The monoisotopic (exact) mass is 247 g/mol. The number of anilines is 1. The lowest BCUT2D eigenvalue weighted by Gasteiger charge is -2.14. The molecule has 0 amide bonds. The van der Waals surface area contributed by atoms with Crippen molar-refractivity contribution in [3.05, 3.63) is 52.8 Å². The Balaban J connectivity index is 2.11. The molecule has 1 N–H and O–H groups in total. The van der Waals surface area contributed by atoms with Crippen molar-refractivity contribution in [2.75, 3.05) is 5.32 Å². The van der Waals surface area contributed by atoms with E-state index in [1.54, 1.807) is 12.4 Å². The Labute approximate surface area is 106 Å². The van der Waals surface area contributed by atoms with E-state index in [-0.39, 0.29) is 6.04 Å². The van der Waals surface area contributed by atoms with Crippen LogP contribution in [0.2, 0.25) is 5.02 Å². The van der Waals surface area contributed by atoms with Crippen LogP contribution in [0.15, 0.2) is 36.7 Å². The van der Waals surface area contributed by atoms with Crippen LogP contribution in [0.3, 0.4) is 0 Å². The molecule has 2 aromatic rings. The van der Waals surface area contributed by atoms with E-state index >= 15 is 0 Å². The van der Waals surface area contributed by atoms with Crippen molar-refractivity contribution in [3.8, 4) is 0 Å². The summed E-state index contributed by atoms with van der Waals surface area (Å²) in [6, 6.07) is 7.88. The van der Waals surface area contributed by atoms with Crippen molar-refractivity contribution < 1.29 is 0 Å². The van der Waals surface area contributed by atoms with Crippen molar-refractivity contribution in [3.63, 3.8) is 0 Å². The number of aryl methyl sites for hydroxylation is 1. The van der Waals surface area contributed by atoms with Gasteiger partial charge in [-0.25, -0.2) is 9.97 Å². The van der Waals surface area contributed by atoms with Gasteiger partial charge in [0.05, 0.1) is 6.04 Å². The third kappa shape index (κ3) is 3.17. The molecule has 0 fully saturated rings. The number of rotatable bonds is 3. The van der Waals surface area contributed by atoms with Crippen LogP contribution in [0.25, 0.3) is 0 Å². The standard InChI is InChI=1S/C13H14ClN3/c1-9-7-15-13(16-8-9)17-10(2)11-4-3-5-12(14)6-11/h3-8,10H,1-2H3,(H,15,16,17). The molecule has 4 heteroatoms. The van der Waals surface area contributed by atoms with Gasteiger partial charge in [0.2, 0.25) is 5.95 Å². The molecule has 2 rings (SSSR count). The number of aromatic nitrogens is 2. The summed E-state index contributed by atoms with van der Waals surface area (Å²) < 4.78 is 0. The molecule has 0 spiro atoms. The van der Waals surface area contributed by atoms with E-state index in [1.165, 1.54) is 0 Å². The number of halogens is 1. The van der Waals surface area contributed by atoms with Gasteiger partial charge in [0.15, 0.2) is 0 Å². The van der Waals surface area contributed by atoms with Gasteiger partial charge in [0.1, 0.15) is 0 Å². The molecule has 0 saturated carbocycles. The van der Waals surface area contributed by atoms with Crippen LogP contribution >= 0.6 is 11.6 Å². The summed E-state index contributed by atoms with van der Waals surface area (Å²) in [5.41, 5.74) is 2.16. The second kappa shape index (κ2) is 5.15. The molecule has 1 heterocycles. The number of nitrogens with one attached hydrogen (secondary N) is 1. The van der Waals surface area contributed by atoms with Crippen LogP contribution in [-0.4, -0.2) is 9.97 Å². The first-order chi connectivity index (χ1) is 8.15. The van der Waals surface area contributed by atoms with E-state index in [1.807, 2.05) is 31.2 Å². The first-order valence-electron chi connectivity index (χ1n) is 5.46. The van der Waals surface area contributed by atoms with Crippen LogP contribution < -0.4 is 5.32 Å². The predicted octanol–water partition coefficient (Wildman–Crippen LogP) is 3.61. The zero-order valence-electron chi connectivity index (χ0n) is 9.81. The lowest BCUT2D eigenvalue weighted by atomic mass is 10.1. The summed E-state index contributed by atoms with van der Waals surface area (Å²) in [7, 11) is 0. The topological polar surface area (TPSA) is 37.8 Å². The Morgan fingerprint density at radius 3 is 2.59 bits per heavy atom. The molecule has 17 heavy (non-hydrogen) atoms. The molecular weight excluding hydrogens is 234 g/mol. The van der Waals surface area contributed by atoms with E-state index in [0.717, 1.165) is 16.1 Å². The third-order valence-corrected chi connectivity index (χ3v) is 2.71. The minimum Gasteiger partial charge on any atom is -0.348 e. The molecule has 3 nitrogen and oxygen atoms in total. The van der Waals surface area contributed by atoms with Crippen LogP contribution in [0, 0.1) is 6.92 Å². The van der Waals surface area contributed by atoms with Crippen molar-refractivity contribution >= 4 is 17.5 Å². The third-order valence-electron chi connectivity index (χ3n) is 2.48. The highest BCUT2D eigenvalue weighted by molar-refractivity contribution is 6.30. The second-order valence-corrected chi connectivity index (χ2v) is 4.44. The maximum Gasteiger partial charge on any atom is 0.223 e. The van der Waals surface area contributed by atoms with Crippen LogP contribution in [0.5, 0.6) is 0 Å². The molecule has 0 radical (unpaired) electrons. The van der Waals surface area contributed by atoms with Gasteiger partial charge < -0.3 is 5.32 Å². The van der Waals surface area contributed by atoms with Crippen molar-refractivity contribution in [2.45, 2.75) is 19.9 Å². The molecule has 0 bridgehead atoms. The lowest BCUT2D eigenvalue weighted by molar-refractivity contribution is 0.859. The summed E-state index contributed by atoms with van der Waals surface area (Å²) in [5.74, 6) is 0.628. The summed E-state index contributed by atoms with van der Waals surface area (Å²) in [6.45, 7) is 4.01. The highest BCUT2D eigenvalue weighted by atomic mass is 35.5. The van der Waals surface area contributed by atoms with Gasteiger partial charge >= 0.3 is 0 Å². The Morgan fingerprint density at radius 1 is 1.24 bits per heavy atom. The minimum atomic E-state index is 0.122. The summed E-state index contributed by atoms with van der Waals surface area (Å²) >= 11 is 5.95. The molecular formula is C13H14ClN3. The lowest BCUT2D eigenvalue weighted by Crippen LogP contribution is -2.09. The number of benzene rings is 1. The van der Waals surface area contributed by atoms with Gasteiger partial charge in [0, 0.05) is 17.4 Å². The second-order valence-electron chi connectivity index (χ2n) is 4.01. The van der Waals surface area contributed by atoms with Gasteiger partial charge in [0.25, 0.3) is 0 Å². The van der Waals surface area contributed by atoms with Crippen molar-refractivity contribution in [1.29, 1.82) is 0 Å². The van der Waals surface area contributed by atoms with Gasteiger partial charge in [-0.2, -0.15) is 0 Å². The molecule has 1 aromatic heterocycles. The molecule has 1 unspecified atom stereocenters. The smallest absolute Gasteiger partial charge is 0.223 e. The molecule has 0 aliphatic rings. The first-order valence-corrected chi connectivity index (χ1v) is 5.83. The highest BCUT2D eigenvalue weighted by Gasteiger charge is 2.06. The zero-order valence-corrected chi connectivity index (χ0v) is 10.6. The molecule has 1 aromatic carbocycles. The SMILES string of the molecule is Cc1cnc(NC(C)c2cccc(Cl)c2)nc1. The largest absolute Gasteiger partial charge is 0.348 e. The van der Waals surface area contributed by atoms with Gasteiger partial charge in [-0.1, -0.05) is 23.7 Å². The van der Waals surface area contributed by atoms with Crippen molar-refractivity contribution in [1.82, 2.24) is 9.97 Å². The Hall–Kier alpha value is -1.61. The Morgan fingerprint density at radius 2 is 1.94 bits per heavy atom. The van der Waals surface area contributed by atoms with E-state index in [0.29, 0.717) is 5.95 Å². The molecule has 0 saturated heterocycles.